The molecule has 0 radical (unpaired) electrons. The van der Waals surface area contributed by atoms with Crippen molar-refractivity contribution >= 4 is 29.2 Å². The number of carboxylic acid groups (broad SMARTS) is 1. The number of nitrogens with one attached hydrogen (secondary N) is 2. The maximum Gasteiger partial charge on any atom is 0.228 e. The highest BCUT2D eigenvalue weighted by atomic mass is 16.4. The minimum atomic E-state index is -1.16. The van der Waals surface area contributed by atoms with Crippen LogP contribution in [-0.4, -0.2) is 17.8 Å². The summed E-state index contributed by atoms with van der Waals surface area (Å²) >= 11 is 0. The number of hydrogen-bond donors (Lipinski definition) is 2. The monoisotopic (exact) mass is 313 g/mol. The first-order chi connectivity index (χ1) is 11.0. The Morgan fingerprint density at radius 2 is 1.48 bits per heavy atom. The van der Waals surface area contributed by atoms with Crippen LogP contribution >= 0.6 is 0 Å². The Morgan fingerprint density at radius 1 is 0.957 bits per heavy atom. The molecule has 2 aliphatic carbocycles. The maximum absolute atomic E-state index is 12.5. The van der Waals surface area contributed by atoms with E-state index < -0.39 is 17.8 Å². The van der Waals surface area contributed by atoms with Gasteiger partial charge in [0.15, 0.2) is 0 Å². The van der Waals surface area contributed by atoms with Crippen molar-refractivity contribution in [3.8, 4) is 0 Å². The molecule has 0 spiro atoms. The number of hydrogen-bond acceptors (Lipinski definition) is 4. The van der Waals surface area contributed by atoms with Crippen LogP contribution in [0.1, 0.15) is 13.3 Å². The molecular weight excluding hydrogens is 296 g/mol. The third-order valence-electron chi connectivity index (χ3n) is 4.51. The van der Waals surface area contributed by atoms with Crippen molar-refractivity contribution in [2.24, 2.45) is 23.7 Å². The van der Waals surface area contributed by atoms with Gasteiger partial charge in [0.2, 0.25) is 11.8 Å². The van der Waals surface area contributed by atoms with Gasteiger partial charge >= 0.3 is 0 Å². The molecule has 0 heterocycles. The van der Waals surface area contributed by atoms with Crippen LogP contribution in [0.3, 0.4) is 0 Å². The number of carbonyl (C=O) groups excluding carboxylic acids is 3. The highest BCUT2D eigenvalue weighted by Gasteiger charge is 2.48. The normalized spacial score (nSPS) is 27.7. The van der Waals surface area contributed by atoms with E-state index in [0.717, 1.165) is 0 Å². The van der Waals surface area contributed by atoms with Crippen molar-refractivity contribution in [3.05, 3.63) is 36.4 Å². The van der Waals surface area contributed by atoms with E-state index in [1.165, 1.54) is 6.92 Å². The van der Waals surface area contributed by atoms with Crippen LogP contribution in [0.4, 0.5) is 11.4 Å². The lowest BCUT2D eigenvalue weighted by Crippen LogP contribution is -2.42. The number of benzene rings is 1. The van der Waals surface area contributed by atoms with E-state index in [-0.39, 0.29) is 23.7 Å². The van der Waals surface area contributed by atoms with E-state index >= 15 is 0 Å². The minimum Gasteiger partial charge on any atom is -0.550 e. The van der Waals surface area contributed by atoms with Gasteiger partial charge in [-0.05, 0) is 42.5 Å². The van der Waals surface area contributed by atoms with Crippen LogP contribution in [-0.2, 0) is 14.4 Å². The zero-order valence-electron chi connectivity index (χ0n) is 12.6. The number of anilines is 2. The van der Waals surface area contributed by atoms with E-state index in [4.69, 9.17) is 0 Å². The molecule has 2 N–H and O–H groups in total. The van der Waals surface area contributed by atoms with Crippen LogP contribution in [0.2, 0.25) is 0 Å². The number of carboxylic acids is 1. The Balaban J connectivity index is 1.70. The van der Waals surface area contributed by atoms with Gasteiger partial charge in [0, 0.05) is 30.2 Å². The van der Waals surface area contributed by atoms with E-state index in [9.17, 15) is 19.5 Å². The fourth-order valence-electron chi connectivity index (χ4n) is 3.57. The molecule has 2 aliphatic rings. The van der Waals surface area contributed by atoms with Gasteiger partial charge in [0.05, 0.1) is 5.92 Å². The molecule has 0 aromatic heterocycles. The average molecular weight is 313 g/mol. The van der Waals surface area contributed by atoms with Crippen LogP contribution in [0.25, 0.3) is 0 Å². The fraction of sp³-hybridized carbons (Fsp3) is 0.353. The predicted octanol–water partition coefficient (Wildman–Crippen LogP) is 0.772. The quantitative estimate of drug-likeness (QED) is 0.802. The maximum atomic E-state index is 12.5. The molecule has 2 amide bonds. The second kappa shape index (κ2) is 5.87. The summed E-state index contributed by atoms with van der Waals surface area (Å²) in [4.78, 5) is 34.8. The molecule has 6 heteroatoms. The second-order valence-electron chi connectivity index (χ2n) is 6.07. The summed E-state index contributed by atoms with van der Waals surface area (Å²) in [5.41, 5.74) is 1.19. The SMILES string of the molecule is CC(=O)Nc1ccc(NC(=O)[C@@H]2[C@@H](C(=O)[O-])[C@H]3C=C[C@@H]2C3)cc1. The third kappa shape index (κ3) is 2.97. The van der Waals surface area contributed by atoms with Crippen LogP contribution in [0.5, 0.6) is 0 Å². The first kappa shape index (κ1) is 15.3. The molecule has 0 aliphatic heterocycles. The number of fused-ring (bicyclic) bond motifs is 2. The van der Waals surface area contributed by atoms with Gasteiger partial charge < -0.3 is 20.5 Å². The van der Waals surface area contributed by atoms with Crippen LogP contribution in [0.15, 0.2) is 36.4 Å². The number of amides is 2. The molecule has 0 saturated heterocycles. The molecule has 1 saturated carbocycles. The molecule has 1 fully saturated rings. The number of aliphatic carboxylic acids is 1. The summed E-state index contributed by atoms with van der Waals surface area (Å²) in [6.45, 7) is 1.42. The summed E-state index contributed by atoms with van der Waals surface area (Å²) in [7, 11) is 0. The lowest BCUT2D eigenvalue weighted by molar-refractivity contribution is -0.313. The minimum absolute atomic E-state index is 0.0402. The smallest absolute Gasteiger partial charge is 0.228 e. The van der Waals surface area contributed by atoms with Crippen LogP contribution in [0, 0.1) is 23.7 Å². The number of rotatable bonds is 4. The molecule has 0 unspecified atom stereocenters. The molecule has 6 nitrogen and oxygen atoms in total. The summed E-state index contributed by atoms with van der Waals surface area (Å²) in [5.74, 6) is -3.14. The zero-order chi connectivity index (χ0) is 16.6. The summed E-state index contributed by atoms with van der Waals surface area (Å²) in [6, 6.07) is 6.68. The van der Waals surface area contributed by atoms with Crippen molar-refractivity contribution in [2.45, 2.75) is 13.3 Å². The summed E-state index contributed by atoms with van der Waals surface area (Å²) in [5, 5.41) is 16.7. The standard InChI is InChI=1S/C17H18N2O4/c1-9(20)18-12-4-6-13(7-5-12)19-16(21)14-10-2-3-11(8-10)15(14)17(22)23/h2-7,10-11,14-15H,8H2,1H3,(H,18,20)(H,19,21)(H,22,23)/p-1/t10-,11+,14+,15+/m1/s1. The van der Waals surface area contributed by atoms with Gasteiger partial charge in [0.1, 0.15) is 0 Å². The largest absolute Gasteiger partial charge is 0.550 e. The Kier molecular flexibility index (Phi) is 3.90. The zero-order valence-corrected chi connectivity index (χ0v) is 12.6. The van der Waals surface area contributed by atoms with Crippen molar-refractivity contribution in [1.29, 1.82) is 0 Å². The van der Waals surface area contributed by atoms with Crippen molar-refractivity contribution in [3.63, 3.8) is 0 Å². The van der Waals surface area contributed by atoms with E-state index in [1.807, 2.05) is 12.2 Å². The molecule has 4 atom stereocenters. The first-order valence-corrected chi connectivity index (χ1v) is 7.53. The van der Waals surface area contributed by atoms with Gasteiger partial charge in [-0.3, -0.25) is 9.59 Å². The lowest BCUT2D eigenvalue weighted by Gasteiger charge is -2.27. The molecule has 1 aromatic rings. The highest BCUT2D eigenvalue weighted by molar-refractivity contribution is 5.96. The lowest BCUT2D eigenvalue weighted by atomic mass is 9.82. The number of allylic oxidation sites excluding steroid dienone is 2. The van der Waals surface area contributed by atoms with Crippen LogP contribution < -0.4 is 15.7 Å². The Bertz CT molecular complexity index is 680. The molecule has 23 heavy (non-hydrogen) atoms. The molecule has 1 aromatic carbocycles. The second-order valence-corrected chi connectivity index (χ2v) is 6.07. The van der Waals surface area contributed by atoms with E-state index in [1.54, 1.807) is 24.3 Å². The van der Waals surface area contributed by atoms with E-state index in [0.29, 0.717) is 17.8 Å². The summed E-state index contributed by atoms with van der Waals surface area (Å²) < 4.78 is 0. The van der Waals surface area contributed by atoms with Crippen molar-refractivity contribution in [2.75, 3.05) is 10.6 Å². The molecular formula is C17H17N2O4-. The highest BCUT2D eigenvalue weighted by Crippen LogP contribution is 2.48. The third-order valence-corrected chi connectivity index (χ3v) is 4.51. The first-order valence-electron chi connectivity index (χ1n) is 7.53. The van der Waals surface area contributed by atoms with Gasteiger partial charge in [0.25, 0.3) is 0 Å². The van der Waals surface area contributed by atoms with Gasteiger partial charge in [-0.25, -0.2) is 0 Å². The topological polar surface area (TPSA) is 98.3 Å². The molecule has 2 bridgehead atoms. The van der Waals surface area contributed by atoms with Gasteiger partial charge in [-0.15, -0.1) is 0 Å². The average Bonchev–Trinajstić information content (AvgIpc) is 3.09. The van der Waals surface area contributed by atoms with Crippen molar-refractivity contribution in [1.82, 2.24) is 0 Å². The Labute approximate surface area is 133 Å². The van der Waals surface area contributed by atoms with E-state index in [2.05, 4.69) is 10.6 Å². The van der Waals surface area contributed by atoms with Gasteiger partial charge in [-0.2, -0.15) is 0 Å². The molecule has 120 valence electrons. The summed E-state index contributed by atoms with van der Waals surface area (Å²) in [6.07, 6.45) is 4.49. The number of carbonyl (C=O) groups is 3. The molecule has 3 rings (SSSR count). The Hall–Kier alpha value is -2.63. The van der Waals surface area contributed by atoms with Crippen molar-refractivity contribution < 1.29 is 19.5 Å². The fourth-order valence-corrected chi connectivity index (χ4v) is 3.57. The van der Waals surface area contributed by atoms with Gasteiger partial charge in [-0.1, -0.05) is 12.2 Å². The predicted molar refractivity (Wildman–Crippen MR) is 82.1 cm³/mol. The Morgan fingerprint density at radius 3 is 2.00 bits per heavy atom.